The van der Waals surface area contributed by atoms with Crippen LogP contribution in [0.2, 0.25) is 0 Å². The van der Waals surface area contributed by atoms with Gasteiger partial charge in [0.05, 0.1) is 29.2 Å². The molecule has 0 radical (unpaired) electrons. The van der Waals surface area contributed by atoms with E-state index in [4.69, 9.17) is 19.2 Å². The third-order valence-corrected chi connectivity index (χ3v) is 7.28. The first kappa shape index (κ1) is 26.1. The summed E-state index contributed by atoms with van der Waals surface area (Å²) in [4.78, 5) is 31.8. The van der Waals surface area contributed by atoms with Crippen molar-refractivity contribution in [3.05, 3.63) is 69.3 Å². The summed E-state index contributed by atoms with van der Waals surface area (Å²) in [6.45, 7) is 4.30. The largest absolute Gasteiger partial charge is 0.503 e. The summed E-state index contributed by atoms with van der Waals surface area (Å²) < 4.78 is 16.6. The molecule has 1 saturated carbocycles. The second kappa shape index (κ2) is 11.4. The number of benzene rings is 2. The fourth-order valence-corrected chi connectivity index (χ4v) is 5.56. The number of carbonyl (C=O) groups excluding carboxylic acids is 2. The summed E-state index contributed by atoms with van der Waals surface area (Å²) in [5.74, 6) is -1.45. The average Bonchev–Trinajstić information content (AvgIpc) is 2.86. The molecular weight excluding hydrogens is 526 g/mol. The lowest BCUT2D eigenvalue weighted by Crippen LogP contribution is -2.41. The van der Waals surface area contributed by atoms with E-state index in [1.165, 1.54) is 7.11 Å². The first-order valence-corrected chi connectivity index (χ1v) is 12.8. The van der Waals surface area contributed by atoms with Gasteiger partial charge in [-0.2, -0.15) is 0 Å². The van der Waals surface area contributed by atoms with E-state index in [0.29, 0.717) is 40.8 Å². The summed E-state index contributed by atoms with van der Waals surface area (Å²) >= 11 is 3.41. The lowest BCUT2D eigenvalue weighted by Gasteiger charge is -2.38. The highest BCUT2D eigenvalue weighted by atomic mass is 79.9. The Hall–Kier alpha value is -2.97. The molecule has 0 aromatic heterocycles. The monoisotopic (exact) mass is 555 g/mol. The van der Waals surface area contributed by atoms with Gasteiger partial charge in [-0.1, -0.05) is 30.3 Å². The highest BCUT2D eigenvalue weighted by Gasteiger charge is 2.46. The minimum Gasteiger partial charge on any atom is -0.503 e. The Balaban J connectivity index is 1.81. The number of hydrogen-bond acceptors (Lipinski definition) is 7. The molecule has 0 spiro atoms. The van der Waals surface area contributed by atoms with Gasteiger partial charge in [-0.15, -0.1) is 0 Å². The van der Waals surface area contributed by atoms with Crippen LogP contribution in [0.3, 0.4) is 0 Å². The third kappa shape index (κ3) is 5.25. The van der Waals surface area contributed by atoms with E-state index in [2.05, 4.69) is 15.9 Å². The van der Waals surface area contributed by atoms with E-state index in [9.17, 15) is 14.7 Å². The van der Waals surface area contributed by atoms with Crippen LogP contribution in [0.1, 0.15) is 49.7 Å². The SMILES string of the molecule is CCOc1cc([C@H]2C(C(=O)OCCOC)=C(C)N=C3C[C@H](c4ccccc4)CC(=O)C32)cc(Br)c1O. The van der Waals surface area contributed by atoms with Crippen molar-refractivity contribution in [1.82, 2.24) is 0 Å². The number of phenols is 1. The number of halogens is 1. The van der Waals surface area contributed by atoms with Crippen LogP contribution in [0, 0.1) is 5.92 Å². The molecule has 1 heterocycles. The maximum Gasteiger partial charge on any atom is 0.336 e. The van der Waals surface area contributed by atoms with Crippen molar-refractivity contribution in [2.45, 2.75) is 38.5 Å². The Morgan fingerprint density at radius 2 is 1.86 bits per heavy atom. The molecule has 1 unspecified atom stereocenters. The molecule has 7 nitrogen and oxygen atoms in total. The fraction of sp³-hybridized carbons (Fsp3) is 0.393. The summed E-state index contributed by atoms with van der Waals surface area (Å²) in [7, 11) is 1.53. The smallest absolute Gasteiger partial charge is 0.336 e. The molecule has 2 aromatic carbocycles. The van der Waals surface area contributed by atoms with Crippen molar-refractivity contribution in [3.63, 3.8) is 0 Å². The third-order valence-electron chi connectivity index (χ3n) is 6.68. The topological polar surface area (TPSA) is 94.4 Å². The number of fused-ring (bicyclic) bond motifs is 1. The number of aromatic hydroxyl groups is 1. The van der Waals surface area contributed by atoms with Crippen molar-refractivity contribution in [3.8, 4) is 11.5 Å². The van der Waals surface area contributed by atoms with Gasteiger partial charge in [0.15, 0.2) is 11.5 Å². The maximum absolute atomic E-state index is 13.7. The molecule has 2 aromatic rings. The van der Waals surface area contributed by atoms with Crippen LogP contribution in [-0.2, 0) is 19.1 Å². The van der Waals surface area contributed by atoms with Gasteiger partial charge in [0.1, 0.15) is 12.4 Å². The van der Waals surface area contributed by atoms with Gasteiger partial charge in [0.25, 0.3) is 0 Å². The number of carbonyl (C=O) groups is 2. The highest BCUT2D eigenvalue weighted by molar-refractivity contribution is 9.10. The second-order valence-electron chi connectivity index (χ2n) is 8.95. The van der Waals surface area contributed by atoms with E-state index < -0.39 is 17.8 Å². The van der Waals surface area contributed by atoms with Crippen LogP contribution in [0.5, 0.6) is 11.5 Å². The average molecular weight is 556 g/mol. The zero-order valence-electron chi connectivity index (χ0n) is 20.6. The number of aliphatic imine (C=N–C) groups is 1. The molecule has 1 N–H and O–H groups in total. The number of hydrogen-bond donors (Lipinski definition) is 1. The number of nitrogens with zero attached hydrogens (tertiary/aromatic N) is 1. The van der Waals surface area contributed by atoms with Crippen LogP contribution in [-0.4, -0.2) is 49.5 Å². The van der Waals surface area contributed by atoms with Crippen molar-refractivity contribution >= 4 is 33.4 Å². The van der Waals surface area contributed by atoms with Crippen LogP contribution in [0.25, 0.3) is 0 Å². The molecule has 0 bridgehead atoms. The van der Waals surface area contributed by atoms with Gasteiger partial charge in [-0.3, -0.25) is 9.79 Å². The van der Waals surface area contributed by atoms with E-state index in [1.807, 2.05) is 37.3 Å². The Morgan fingerprint density at radius 1 is 1.11 bits per heavy atom. The van der Waals surface area contributed by atoms with Crippen molar-refractivity contribution in [2.75, 3.05) is 26.9 Å². The van der Waals surface area contributed by atoms with Crippen molar-refractivity contribution < 1.29 is 28.9 Å². The Morgan fingerprint density at radius 3 is 2.56 bits per heavy atom. The number of phenolic OH excluding ortho intramolecular Hbond substituents is 1. The lowest BCUT2D eigenvalue weighted by atomic mass is 9.66. The molecule has 0 saturated heterocycles. The Kier molecular flexibility index (Phi) is 8.26. The van der Waals surface area contributed by atoms with Gasteiger partial charge in [0, 0.05) is 30.9 Å². The van der Waals surface area contributed by atoms with E-state index >= 15 is 0 Å². The number of esters is 1. The summed E-state index contributed by atoms with van der Waals surface area (Å²) in [5.41, 5.74) is 3.40. The first-order valence-electron chi connectivity index (χ1n) is 12.0. The van der Waals surface area contributed by atoms with Crippen LogP contribution < -0.4 is 4.74 Å². The zero-order valence-corrected chi connectivity index (χ0v) is 22.2. The first-order chi connectivity index (χ1) is 17.3. The maximum atomic E-state index is 13.7. The number of ether oxygens (including phenoxy) is 3. The zero-order chi connectivity index (χ0) is 25.8. The minimum atomic E-state index is -0.618. The normalized spacial score (nSPS) is 21.6. The molecule has 190 valence electrons. The molecule has 4 rings (SSSR count). The number of allylic oxidation sites excluding steroid dienone is 1. The van der Waals surface area contributed by atoms with Crippen LogP contribution in [0.4, 0.5) is 0 Å². The lowest BCUT2D eigenvalue weighted by molar-refractivity contribution is -0.140. The minimum absolute atomic E-state index is 0.0238. The highest BCUT2D eigenvalue weighted by Crippen LogP contribution is 2.48. The van der Waals surface area contributed by atoms with Gasteiger partial charge < -0.3 is 19.3 Å². The summed E-state index contributed by atoms with van der Waals surface area (Å²) in [5, 5.41) is 10.5. The second-order valence-corrected chi connectivity index (χ2v) is 9.81. The van der Waals surface area contributed by atoms with Crippen molar-refractivity contribution in [2.24, 2.45) is 10.9 Å². The van der Waals surface area contributed by atoms with Crippen molar-refractivity contribution in [1.29, 1.82) is 0 Å². The molecule has 36 heavy (non-hydrogen) atoms. The quantitative estimate of drug-likeness (QED) is 0.350. The molecule has 8 heteroatoms. The van der Waals surface area contributed by atoms with Gasteiger partial charge in [-0.05, 0) is 65.4 Å². The Labute approximate surface area is 219 Å². The molecule has 1 aliphatic carbocycles. The van der Waals surface area contributed by atoms with Gasteiger partial charge in [-0.25, -0.2) is 4.79 Å². The van der Waals surface area contributed by atoms with Crippen LogP contribution in [0.15, 0.2) is 63.2 Å². The number of methoxy groups -OCH3 is 1. The molecule has 1 fully saturated rings. The van der Waals surface area contributed by atoms with Crippen LogP contribution >= 0.6 is 15.9 Å². The van der Waals surface area contributed by atoms with Gasteiger partial charge >= 0.3 is 5.97 Å². The van der Waals surface area contributed by atoms with Gasteiger partial charge in [0.2, 0.25) is 0 Å². The number of rotatable bonds is 8. The number of ketones is 1. The molecule has 0 amide bonds. The predicted octanol–water partition coefficient (Wildman–Crippen LogP) is 5.32. The Bertz CT molecular complexity index is 1210. The number of Topliss-reactive ketones (excluding diaryl/α,β-unsaturated/α-hetero) is 1. The molecule has 3 atom stereocenters. The summed E-state index contributed by atoms with van der Waals surface area (Å²) in [6, 6.07) is 13.4. The van der Waals surface area contributed by atoms with E-state index in [0.717, 1.165) is 11.3 Å². The molecule has 2 aliphatic rings. The molecular formula is C28H30BrNO6. The van der Waals surface area contributed by atoms with E-state index in [1.54, 1.807) is 19.1 Å². The fourth-order valence-electron chi connectivity index (χ4n) is 5.10. The standard InChI is InChI=1S/C28H30BrNO6/c1-4-35-23-15-19(12-20(29)27(23)32)25-24(28(33)36-11-10-34-3)16(2)30-21-13-18(14-22(31)26(21)25)17-8-6-5-7-9-17/h5-9,12,15,18,25-26,32H,4,10-11,13-14H2,1-3H3/t18-,25-,26?/m0/s1. The predicted molar refractivity (Wildman–Crippen MR) is 140 cm³/mol. The molecule has 1 aliphatic heterocycles. The summed E-state index contributed by atoms with van der Waals surface area (Å²) in [6.07, 6.45) is 0.977. The van der Waals surface area contributed by atoms with E-state index in [-0.39, 0.29) is 36.4 Å².